The van der Waals surface area contributed by atoms with Crippen molar-refractivity contribution in [3.8, 4) is 5.75 Å². The molecule has 0 radical (unpaired) electrons. The van der Waals surface area contributed by atoms with E-state index in [1.54, 1.807) is 13.2 Å². The van der Waals surface area contributed by atoms with Crippen LogP contribution in [0.2, 0.25) is 5.02 Å². The molecule has 6 heteroatoms. The molecule has 1 aromatic carbocycles. The number of hydrogen-bond donors (Lipinski definition) is 0. The van der Waals surface area contributed by atoms with Gasteiger partial charge in [-0.05, 0) is 12.1 Å². The zero-order valence-corrected chi connectivity index (χ0v) is 13.1. The third-order valence-electron chi connectivity index (χ3n) is 2.50. The minimum Gasteiger partial charge on any atom is -0.491 e. The Labute approximate surface area is 129 Å². The molecule has 0 aliphatic rings. The molecule has 1 aromatic rings. The molecular formula is C14H20Cl2O4. The van der Waals surface area contributed by atoms with E-state index in [0.29, 0.717) is 56.3 Å². The van der Waals surface area contributed by atoms with Crippen molar-refractivity contribution in [3.63, 3.8) is 0 Å². The fraction of sp³-hybridized carbons (Fsp3) is 0.571. The number of benzene rings is 1. The molecule has 0 aliphatic carbocycles. The highest BCUT2D eigenvalue weighted by atomic mass is 35.5. The Kier molecular flexibility index (Phi) is 9.79. The number of methoxy groups -OCH3 is 1. The van der Waals surface area contributed by atoms with Crippen LogP contribution in [-0.4, -0.2) is 46.8 Å². The fourth-order valence-corrected chi connectivity index (χ4v) is 2.06. The lowest BCUT2D eigenvalue weighted by Crippen LogP contribution is -2.12. The van der Waals surface area contributed by atoms with Gasteiger partial charge in [0, 0.05) is 17.7 Å². The summed E-state index contributed by atoms with van der Waals surface area (Å²) < 4.78 is 21.1. The van der Waals surface area contributed by atoms with Crippen molar-refractivity contribution < 1.29 is 18.9 Å². The molecule has 0 heterocycles. The smallest absolute Gasteiger partial charge is 0.125 e. The maximum Gasteiger partial charge on any atom is 0.125 e. The van der Waals surface area contributed by atoms with Crippen LogP contribution in [0.15, 0.2) is 18.2 Å². The Balaban J connectivity index is 2.11. The summed E-state index contributed by atoms with van der Waals surface area (Å²) in [7, 11) is 1.64. The second-order valence-corrected chi connectivity index (χ2v) is 4.59. The van der Waals surface area contributed by atoms with Crippen molar-refractivity contribution in [2.45, 2.75) is 5.88 Å². The molecule has 0 aromatic heterocycles. The standard InChI is InChI=1S/C14H20Cl2O4/c1-17-5-6-18-7-8-19-9-10-20-14-4-2-3-13(16)12(14)11-15/h2-4H,5-11H2,1H3. The van der Waals surface area contributed by atoms with Gasteiger partial charge in [-0.15, -0.1) is 11.6 Å². The highest BCUT2D eigenvalue weighted by molar-refractivity contribution is 6.32. The SMILES string of the molecule is COCCOCCOCCOc1cccc(Cl)c1CCl. The molecule has 20 heavy (non-hydrogen) atoms. The second kappa shape index (κ2) is 11.2. The van der Waals surface area contributed by atoms with Crippen molar-refractivity contribution in [2.24, 2.45) is 0 Å². The van der Waals surface area contributed by atoms with Crippen molar-refractivity contribution in [1.29, 1.82) is 0 Å². The van der Waals surface area contributed by atoms with E-state index >= 15 is 0 Å². The van der Waals surface area contributed by atoms with Crippen molar-refractivity contribution in [2.75, 3.05) is 46.8 Å². The van der Waals surface area contributed by atoms with Gasteiger partial charge in [0.2, 0.25) is 0 Å². The largest absolute Gasteiger partial charge is 0.491 e. The van der Waals surface area contributed by atoms with Gasteiger partial charge in [0.25, 0.3) is 0 Å². The molecule has 0 atom stereocenters. The third kappa shape index (κ3) is 6.77. The molecular weight excluding hydrogens is 303 g/mol. The predicted molar refractivity (Wildman–Crippen MR) is 80.0 cm³/mol. The van der Waals surface area contributed by atoms with E-state index in [4.69, 9.17) is 42.1 Å². The maximum atomic E-state index is 6.03. The molecule has 0 spiro atoms. The number of alkyl halides is 1. The summed E-state index contributed by atoms with van der Waals surface area (Å²) in [4.78, 5) is 0. The normalized spacial score (nSPS) is 10.8. The number of hydrogen-bond acceptors (Lipinski definition) is 4. The topological polar surface area (TPSA) is 36.9 Å². The average Bonchev–Trinajstić information content (AvgIpc) is 2.45. The van der Waals surface area contributed by atoms with Gasteiger partial charge in [0.05, 0.1) is 38.9 Å². The third-order valence-corrected chi connectivity index (χ3v) is 3.12. The molecule has 0 unspecified atom stereocenters. The first kappa shape index (κ1) is 17.5. The van der Waals surface area contributed by atoms with E-state index in [1.807, 2.05) is 12.1 Å². The quantitative estimate of drug-likeness (QED) is 0.463. The lowest BCUT2D eigenvalue weighted by molar-refractivity contribution is 0.0179. The monoisotopic (exact) mass is 322 g/mol. The van der Waals surface area contributed by atoms with Crippen LogP contribution in [0.25, 0.3) is 0 Å². The van der Waals surface area contributed by atoms with E-state index in [-0.39, 0.29) is 0 Å². The van der Waals surface area contributed by atoms with Crippen LogP contribution in [-0.2, 0) is 20.1 Å². The highest BCUT2D eigenvalue weighted by Crippen LogP contribution is 2.27. The molecule has 114 valence electrons. The minimum absolute atomic E-state index is 0.323. The van der Waals surface area contributed by atoms with Crippen LogP contribution < -0.4 is 4.74 Å². The first-order valence-corrected chi connectivity index (χ1v) is 7.31. The number of halogens is 2. The van der Waals surface area contributed by atoms with Crippen LogP contribution in [0.1, 0.15) is 5.56 Å². The minimum atomic E-state index is 0.323. The molecule has 0 N–H and O–H groups in total. The maximum absolute atomic E-state index is 6.03. The zero-order chi connectivity index (χ0) is 14.6. The van der Waals surface area contributed by atoms with E-state index in [0.717, 1.165) is 5.56 Å². The molecule has 0 aliphatic heterocycles. The van der Waals surface area contributed by atoms with Crippen molar-refractivity contribution in [1.82, 2.24) is 0 Å². The highest BCUT2D eigenvalue weighted by Gasteiger charge is 2.06. The second-order valence-electron chi connectivity index (χ2n) is 3.92. The average molecular weight is 323 g/mol. The summed E-state index contributed by atoms with van der Waals surface area (Å²) in [6.07, 6.45) is 0. The molecule has 0 saturated heterocycles. The molecule has 0 bridgehead atoms. The predicted octanol–water partition coefficient (Wildman–Crippen LogP) is 3.14. The number of rotatable bonds is 11. The Morgan fingerprint density at radius 3 is 2.25 bits per heavy atom. The lowest BCUT2D eigenvalue weighted by atomic mass is 10.2. The molecule has 1 rings (SSSR count). The van der Waals surface area contributed by atoms with Crippen molar-refractivity contribution >= 4 is 23.2 Å². The fourth-order valence-electron chi connectivity index (χ4n) is 1.48. The van der Waals surface area contributed by atoms with E-state index < -0.39 is 0 Å². The van der Waals surface area contributed by atoms with Gasteiger partial charge in [-0.25, -0.2) is 0 Å². The van der Waals surface area contributed by atoms with Gasteiger partial charge < -0.3 is 18.9 Å². The summed E-state index contributed by atoms with van der Waals surface area (Å²) in [5, 5.41) is 0.616. The first-order chi connectivity index (χ1) is 9.79. The van der Waals surface area contributed by atoms with Crippen molar-refractivity contribution in [3.05, 3.63) is 28.8 Å². The summed E-state index contributed by atoms with van der Waals surface area (Å²) in [5.74, 6) is 1.02. The lowest BCUT2D eigenvalue weighted by Gasteiger charge is -2.11. The molecule has 0 amide bonds. The Morgan fingerprint density at radius 2 is 1.60 bits per heavy atom. The van der Waals surface area contributed by atoms with Gasteiger partial charge in [-0.2, -0.15) is 0 Å². The summed E-state index contributed by atoms with van der Waals surface area (Å²) >= 11 is 11.9. The molecule has 0 fully saturated rings. The molecule has 0 saturated carbocycles. The van der Waals surface area contributed by atoms with Crippen LogP contribution in [0.5, 0.6) is 5.75 Å². The van der Waals surface area contributed by atoms with Crippen LogP contribution in [0, 0.1) is 0 Å². The Morgan fingerprint density at radius 1 is 0.950 bits per heavy atom. The van der Waals surface area contributed by atoms with Gasteiger partial charge in [0.15, 0.2) is 0 Å². The van der Waals surface area contributed by atoms with Gasteiger partial charge in [0.1, 0.15) is 12.4 Å². The van der Waals surface area contributed by atoms with E-state index in [2.05, 4.69) is 0 Å². The summed E-state index contributed by atoms with van der Waals surface area (Å²) in [6, 6.07) is 5.47. The van der Waals surface area contributed by atoms with Crippen LogP contribution >= 0.6 is 23.2 Å². The van der Waals surface area contributed by atoms with E-state index in [1.165, 1.54) is 0 Å². The van der Waals surface area contributed by atoms with Gasteiger partial charge >= 0.3 is 0 Å². The Bertz CT molecular complexity index is 374. The molecule has 4 nitrogen and oxygen atoms in total. The summed E-state index contributed by atoms with van der Waals surface area (Å²) in [5.41, 5.74) is 0.804. The van der Waals surface area contributed by atoms with Gasteiger partial charge in [-0.1, -0.05) is 17.7 Å². The van der Waals surface area contributed by atoms with E-state index in [9.17, 15) is 0 Å². The first-order valence-electron chi connectivity index (χ1n) is 6.40. The van der Waals surface area contributed by atoms with Crippen LogP contribution in [0.3, 0.4) is 0 Å². The Hall–Kier alpha value is -0.520. The van der Waals surface area contributed by atoms with Crippen LogP contribution in [0.4, 0.5) is 0 Å². The number of ether oxygens (including phenoxy) is 4. The summed E-state index contributed by atoms with van der Waals surface area (Å²) in [6.45, 7) is 3.19. The zero-order valence-electron chi connectivity index (χ0n) is 11.6. The van der Waals surface area contributed by atoms with Gasteiger partial charge in [-0.3, -0.25) is 0 Å².